The molecule has 0 heterocycles. The van der Waals surface area contributed by atoms with Gasteiger partial charge in [-0.15, -0.1) is 0 Å². The summed E-state index contributed by atoms with van der Waals surface area (Å²) in [5.74, 6) is 0.101. The molecule has 0 radical (unpaired) electrons. The predicted molar refractivity (Wildman–Crippen MR) is 97.0 cm³/mol. The first-order chi connectivity index (χ1) is 12.0. The lowest BCUT2D eigenvalue weighted by Gasteiger charge is -2.08. The van der Waals surface area contributed by atoms with E-state index in [1.165, 1.54) is 12.3 Å². The zero-order valence-electron chi connectivity index (χ0n) is 13.3. The first kappa shape index (κ1) is 18.9. The molecule has 1 amide bonds. The molecule has 0 saturated carbocycles. The fourth-order valence-electron chi connectivity index (χ4n) is 1.85. The highest BCUT2D eigenvalue weighted by molar-refractivity contribution is 6.34. The highest BCUT2D eigenvalue weighted by atomic mass is 35.5. The molecule has 0 aliphatic heterocycles. The molecule has 0 aliphatic rings. The zero-order chi connectivity index (χ0) is 18.2. The summed E-state index contributed by atoms with van der Waals surface area (Å²) in [5, 5.41) is 14.6. The number of nitrogens with zero attached hydrogens (tertiary/aromatic N) is 1. The van der Waals surface area contributed by atoms with Crippen molar-refractivity contribution in [3.63, 3.8) is 0 Å². The van der Waals surface area contributed by atoms with Gasteiger partial charge in [0, 0.05) is 16.7 Å². The number of hydrazone groups is 1. The molecule has 0 unspecified atom stereocenters. The number of phenols is 1. The van der Waals surface area contributed by atoms with Crippen molar-refractivity contribution >= 4 is 35.3 Å². The number of carbonyl (C=O) groups excluding carboxylic acids is 1. The minimum Gasteiger partial charge on any atom is -0.504 e. The lowest BCUT2D eigenvalue weighted by Crippen LogP contribution is -2.24. The van der Waals surface area contributed by atoms with Gasteiger partial charge in [0.05, 0.1) is 17.8 Å². The Hall–Kier alpha value is -2.44. The number of para-hydroxylation sites is 1. The Morgan fingerprint density at radius 2 is 2.04 bits per heavy atom. The van der Waals surface area contributed by atoms with Crippen LogP contribution in [0.3, 0.4) is 0 Å². The Morgan fingerprint density at radius 3 is 2.80 bits per heavy atom. The summed E-state index contributed by atoms with van der Waals surface area (Å²) in [6.45, 7) is 1.95. The summed E-state index contributed by atoms with van der Waals surface area (Å²) < 4.78 is 10.6. The number of ether oxygens (including phenoxy) is 2. The molecule has 0 aromatic heterocycles. The van der Waals surface area contributed by atoms with E-state index in [2.05, 4.69) is 10.5 Å². The molecule has 2 aromatic carbocycles. The van der Waals surface area contributed by atoms with Crippen molar-refractivity contribution in [3.8, 4) is 17.2 Å². The van der Waals surface area contributed by atoms with E-state index in [9.17, 15) is 9.90 Å². The number of amides is 1. The van der Waals surface area contributed by atoms with Crippen LogP contribution in [-0.4, -0.2) is 30.4 Å². The number of rotatable bonds is 7. The van der Waals surface area contributed by atoms with Crippen molar-refractivity contribution in [2.75, 3.05) is 13.2 Å². The average Bonchev–Trinajstić information content (AvgIpc) is 2.59. The molecule has 132 valence electrons. The molecule has 2 aromatic rings. The van der Waals surface area contributed by atoms with Crippen molar-refractivity contribution in [1.82, 2.24) is 5.43 Å². The molecular formula is C17H16Cl2N2O4. The van der Waals surface area contributed by atoms with Crippen molar-refractivity contribution in [2.45, 2.75) is 6.92 Å². The van der Waals surface area contributed by atoms with Gasteiger partial charge < -0.3 is 14.6 Å². The van der Waals surface area contributed by atoms with Crippen molar-refractivity contribution in [2.24, 2.45) is 5.10 Å². The molecule has 0 bridgehead atoms. The molecule has 0 spiro atoms. The van der Waals surface area contributed by atoms with E-state index in [1.54, 1.807) is 30.3 Å². The van der Waals surface area contributed by atoms with Crippen LogP contribution in [0.1, 0.15) is 12.5 Å². The second-order valence-electron chi connectivity index (χ2n) is 4.78. The smallest absolute Gasteiger partial charge is 0.277 e. The summed E-state index contributed by atoms with van der Waals surface area (Å²) in [6, 6.07) is 9.68. The van der Waals surface area contributed by atoms with Crippen LogP contribution in [0.4, 0.5) is 0 Å². The third kappa shape index (κ3) is 5.55. The number of nitrogens with one attached hydrogen (secondary N) is 1. The van der Waals surface area contributed by atoms with Gasteiger partial charge in [0.25, 0.3) is 5.91 Å². The van der Waals surface area contributed by atoms with E-state index < -0.39 is 5.91 Å². The summed E-state index contributed by atoms with van der Waals surface area (Å²) in [6.07, 6.45) is 1.31. The van der Waals surface area contributed by atoms with Crippen LogP contribution in [0.2, 0.25) is 10.0 Å². The standard InChI is InChI=1S/C17H16Cl2N2O4/c1-2-24-14-5-3-4-11(17(14)23)9-20-21-16(22)10-25-15-8-12(18)6-7-13(15)19/h3-9,23H,2,10H2,1H3,(H,21,22). The average molecular weight is 383 g/mol. The van der Waals surface area contributed by atoms with Gasteiger partial charge in [-0.05, 0) is 31.2 Å². The van der Waals surface area contributed by atoms with Gasteiger partial charge in [-0.3, -0.25) is 4.79 Å². The van der Waals surface area contributed by atoms with Crippen LogP contribution in [0.15, 0.2) is 41.5 Å². The van der Waals surface area contributed by atoms with E-state index in [4.69, 9.17) is 32.7 Å². The maximum atomic E-state index is 11.7. The van der Waals surface area contributed by atoms with Gasteiger partial charge in [0.1, 0.15) is 5.75 Å². The Morgan fingerprint density at radius 1 is 1.24 bits per heavy atom. The third-order valence-corrected chi connectivity index (χ3v) is 3.52. The quantitative estimate of drug-likeness (QED) is 0.565. The highest BCUT2D eigenvalue weighted by Gasteiger charge is 2.07. The Kier molecular flexibility index (Phi) is 6.91. The topological polar surface area (TPSA) is 80.2 Å². The fraction of sp³-hybridized carbons (Fsp3) is 0.176. The van der Waals surface area contributed by atoms with Crippen LogP contribution in [0.25, 0.3) is 0 Å². The van der Waals surface area contributed by atoms with Gasteiger partial charge >= 0.3 is 0 Å². The number of halogens is 2. The van der Waals surface area contributed by atoms with E-state index >= 15 is 0 Å². The SMILES string of the molecule is CCOc1cccc(C=NNC(=O)COc2cc(Cl)ccc2Cl)c1O. The first-order valence-electron chi connectivity index (χ1n) is 7.35. The van der Waals surface area contributed by atoms with Crippen LogP contribution < -0.4 is 14.9 Å². The van der Waals surface area contributed by atoms with Crippen LogP contribution in [0, 0.1) is 0 Å². The molecular weight excluding hydrogens is 367 g/mol. The van der Waals surface area contributed by atoms with E-state index in [0.717, 1.165) is 0 Å². The molecule has 0 atom stereocenters. The summed E-state index contributed by atoms with van der Waals surface area (Å²) >= 11 is 11.8. The van der Waals surface area contributed by atoms with Crippen LogP contribution in [0.5, 0.6) is 17.2 Å². The van der Waals surface area contributed by atoms with Crippen LogP contribution in [-0.2, 0) is 4.79 Å². The minimum atomic E-state index is -0.493. The van der Waals surface area contributed by atoms with E-state index in [1.807, 2.05) is 6.92 Å². The van der Waals surface area contributed by atoms with Crippen molar-refractivity contribution < 1.29 is 19.4 Å². The van der Waals surface area contributed by atoms with Gasteiger partial charge in [0.2, 0.25) is 0 Å². The number of aromatic hydroxyl groups is 1. The molecule has 0 saturated heterocycles. The minimum absolute atomic E-state index is 0.0516. The summed E-state index contributed by atoms with van der Waals surface area (Å²) in [5.41, 5.74) is 2.70. The van der Waals surface area contributed by atoms with Gasteiger partial charge in [-0.2, -0.15) is 5.10 Å². The molecule has 8 heteroatoms. The monoisotopic (exact) mass is 382 g/mol. The second kappa shape index (κ2) is 9.15. The molecule has 0 aliphatic carbocycles. The fourth-order valence-corrected chi connectivity index (χ4v) is 2.19. The van der Waals surface area contributed by atoms with Crippen molar-refractivity contribution in [3.05, 3.63) is 52.0 Å². The van der Waals surface area contributed by atoms with Gasteiger partial charge in [0.15, 0.2) is 18.1 Å². The Bertz CT molecular complexity index is 781. The molecule has 2 N–H and O–H groups in total. The number of benzene rings is 2. The van der Waals surface area contributed by atoms with E-state index in [0.29, 0.717) is 33.7 Å². The second-order valence-corrected chi connectivity index (χ2v) is 5.63. The normalized spacial score (nSPS) is 10.7. The lowest BCUT2D eigenvalue weighted by molar-refractivity contribution is -0.123. The number of hydrogen-bond acceptors (Lipinski definition) is 5. The maximum absolute atomic E-state index is 11.7. The number of carbonyl (C=O) groups is 1. The summed E-state index contributed by atoms with van der Waals surface area (Å²) in [4.78, 5) is 11.7. The summed E-state index contributed by atoms with van der Waals surface area (Å²) in [7, 11) is 0. The molecule has 0 fully saturated rings. The maximum Gasteiger partial charge on any atom is 0.277 e. The lowest BCUT2D eigenvalue weighted by atomic mass is 10.2. The zero-order valence-corrected chi connectivity index (χ0v) is 14.8. The van der Waals surface area contributed by atoms with Gasteiger partial charge in [-0.1, -0.05) is 29.3 Å². The Labute approximate surface area is 155 Å². The van der Waals surface area contributed by atoms with Crippen molar-refractivity contribution in [1.29, 1.82) is 0 Å². The largest absolute Gasteiger partial charge is 0.504 e. The first-order valence-corrected chi connectivity index (χ1v) is 8.11. The van der Waals surface area contributed by atoms with E-state index in [-0.39, 0.29) is 12.4 Å². The predicted octanol–water partition coefficient (Wildman–Crippen LogP) is 3.63. The van der Waals surface area contributed by atoms with Crippen LogP contribution >= 0.6 is 23.2 Å². The number of phenolic OH excluding ortho intramolecular Hbond substituents is 1. The Balaban J connectivity index is 1.90. The molecule has 2 rings (SSSR count). The third-order valence-electron chi connectivity index (χ3n) is 2.97. The highest BCUT2D eigenvalue weighted by Crippen LogP contribution is 2.29. The number of hydrogen-bond donors (Lipinski definition) is 2. The van der Waals surface area contributed by atoms with Gasteiger partial charge in [-0.25, -0.2) is 5.43 Å². The molecule has 25 heavy (non-hydrogen) atoms. The molecule has 6 nitrogen and oxygen atoms in total.